The van der Waals surface area contributed by atoms with Gasteiger partial charge in [-0.15, -0.1) is 0 Å². The van der Waals surface area contributed by atoms with E-state index < -0.39 is 5.83 Å². The van der Waals surface area contributed by atoms with Crippen LogP contribution in [0.3, 0.4) is 0 Å². The van der Waals surface area contributed by atoms with Gasteiger partial charge in [-0.05, 0) is 80.4 Å². The minimum Gasteiger partial charge on any atom is -0.195 e. The second kappa shape index (κ2) is 12.5. The molecule has 0 aliphatic heterocycles. The minimum absolute atomic E-state index is 0.551. The van der Waals surface area contributed by atoms with Gasteiger partial charge in [0.05, 0.1) is 0 Å². The van der Waals surface area contributed by atoms with Gasteiger partial charge in [-0.2, -0.15) is 9.65 Å². The first-order chi connectivity index (χ1) is 13.2. The van der Waals surface area contributed by atoms with E-state index in [1.165, 1.54) is 93.9 Å². The van der Waals surface area contributed by atoms with Crippen LogP contribution in [0.5, 0.6) is 0 Å². The predicted octanol–water partition coefficient (Wildman–Crippen LogP) is 7.48. The van der Waals surface area contributed by atoms with Gasteiger partial charge in [0.25, 0.3) is 0 Å². The molecule has 0 saturated heterocycles. The number of rotatable bonds is 10. The molecule has 0 spiro atoms. The van der Waals surface area contributed by atoms with Gasteiger partial charge in [-0.1, -0.05) is 62.6 Å². The van der Waals surface area contributed by atoms with E-state index in [0.717, 1.165) is 5.92 Å². The molecule has 0 N–H and O–H groups in total. The molecule has 0 bridgehead atoms. The maximum absolute atomic E-state index is 12.8. The van der Waals surface area contributed by atoms with Crippen molar-refractivity contribution < 1.29 is 4.39 Å². The lowest BCUT2D eigenvalue weighted by Crippen LogP contribution is -2.13. The molecule has 146 valence electrons. The highest BCUT2D eigenvalue weighted by Crippen LogP contribution is 2.32. The minimum atomic E-state index is -0.712. The van der Waals surface area contributed by atoms with Gasteiger partial charge in [0, 0.05) is 0 Å². The Balaban J connectivity index is 1.58. The van der Waals surface area contributed by atoms with Gasteiger partial charge < -0.3 is 0 Å². The molecule has 0 amide bonds. The third kappa shape index (κ3) is 8.57. The lowest BCUT2D eigenvalue weighted by molar-refractivity contribution is 0.289. The molecule has 1 fully saturated rings. The van der Waals surface area contributed by atoms with E-state index >= 15 is 0 Å². The maximum atomic E-state index is 12.8. The first kappa shape index (κ1) is 21.4. The van der Waals surface area contributed by atoms with E-state index in [9.17, 15) is 4.39 Å². The zero-order valence-electron chi connectivity index (χ0n) is 16.8. The average Bonchev–Trinajstić information content (AvgIpc) is 2.71. The van der Waals surface area contributed by atoms with E-state index in [2.05, 4.69) is 37.3 Å². The summed E-state index contributed by atoms with van der Waals surface area (Å²) in [5, 5.41) is 8.40. The highest BCUT2D eigenvalue weighted by atomic mass is 19.1. The molecule has 1 saturated carbocycles. The number of nitriles is 1. The summed E-state index contributed by atoms with van der Waals surface area (Å²) < 4.78 is 12.8. The number of aryl methyl sites for hydroxylation is 2. The second-order valence-electron chi connectivity index (χ2n) is 7.96. The zero-order valence-corrected chi connectivity index (χ0v) is 16.8. The van der Waals surface area contributed by atoms with E-state index in [1.54, 1.807) is 6.08 Å². The first-order valence-corrected chi connectivity index (χ1v) is 10.7. The van der Waals surface area contributed by atoms with Crippen molar-refractivity contribution in [3.8, 4) is 6.07 Å². The smallest absolute Gasteiger partial charge is 0.195 e. The first-order valence-electron chi connectivity index (χ1n) is 10.7. The Hall–Kier alpha value is -1.88. The van der Waals surface area contributed by atoms with Crippen molar-refractivity contribution >= 4 is 0 Å². The SMILES string of the molecule is CCCCc1ccc(CCCC[C@H]2CC[C@H](/C=C/C=C(\F)C#N)CC2)cc1. The van der Waals surface area contributed by atoms with Crippen molar-refractivity contribution in [1.82, 2.24) is 0 Å². The quantitative estimate of drug-likeness (QED) is 0.239. The molecule has 1 aliphatic carbocycles. The maximum Gasteiger partial charge on any atom is 0.199 e. The van der Waals surface area contributed by atoms with Crippen LogP contribution in [0.25, 0.3) is 0 Å². The van der Waals surface area contributed by atoms with Crippen molar-refractivity contribution in [3.05, 3.63) is 59.4 Å². The number of hydrogen-bond donors (Lipinski definition) is 0. The Labute approximate surface area is 165 Å². The van der Waals surface area contributed by atoms with Crippen LogP contribution in [0.4, 0.5) is 4.39 Å². The van der Waals surface area contributed by atoms with Crippen LogP contribution in [0.2, 0.25) is 0 Å². The van der Waals surface area contributed by atoms with Gasteiger partial charge in [0.1, 0.15) is 6.07 Å². The molecular weight excluding hydrogens is 333 g/mol. The van der Waals surface area contributed by atoms with Gasteiger partial charge in [-0.3, -0.25) is 0 Å². The monoisotopic (exact) mass is 367 g/mol. The topological polar surface area (TPSA) is 23.8 Å². The average molecular weight is 368 g/mol. The molecule has 0 radical (unpaired) electrons. The molecule has 0 heterocycles. The van der Waals surface area contributed by atoms with E-state index in [1.807, 2.05) is 0 Å². The van der Waals surface area contributed by atoms with Crippen LogP contribution in [-0.4, -0.2) is 0 Å². The lowest BCUT2D eigenvalue weighted by Gasteiger charge is -2.26. The van der Waals surface area contributed by atoms with E-state index in [-0.39, 0.29) is 0 Å². The predicted molar refractivity (Wildman–Crippen MR) is 112 cm³/mol. The van der Waals surface area contributed by atoms with Gasteiger partial charge >= 0.3 is 0 Å². The van der Waals surface area contributed by atoms with Crippen LogP contribution in [0.1, 0.15) is 75.8 Å². The molecule has 0 aromatic heterocycles. The summed E-state index contributed by atoms with van der Waals surface area (Å²) >= 11 is 0. The highest BCUT2D eigenvalue weighted by molar-refractivity contribution is 5.22. The largest absolute Gasteiger partial charge is 0.199 e. The molecule has 2 heteroatoms. The van der Waals surface area contributed by atoms with Crippen molar-refractivity contribution in [2.75, 3.05) is 0 Å². The number of allylic oxidation sites excluding steroid dienone is 4. The van der Waals surface area contributed by atoms with E-state index in [0.29, 0.717) is 5.92 Å². The van der Waals surface area contributed by atoms with Crippen LogP contribution in [0.15, 0.2) is 48.3 Å². The number of halogens is 1. The Kier molecular flexibility index (Phi) is 9.91. The Morgan fingerprint density at radius 1 is 1.04 bits per heavy atom. The van der Waals surface area contributed by atoms with Gasteiger partial charge in [0.15, 0.2) is 5.83 Å². The molecule has 0 atom stereocenters. The lowest BCUT2D eigenvalue weighted by atomic mass is 9.79. The highest BCUT2D eigenvalue weighted by Gasteiger charge is 2.18. The van der Waals surface area contributed by atoms with Crippen LogP contribution < -0.4 is 0 Å². The number of unbranched alkanes of at least 4 members (excludes halogenated alkanes) is 2. The van der Waals surface area contributed by atoms with Gasteiger partial charge in [-0.25, -0.2) is 0 Å². The van der Waals surface area contributed by atoms with Crippen molar-refractivity contribution in [2.45, 2.75) is 77.6 Å². The summed E-state index contributed by atoms with van der Waals surface area (Å²) in [6.07, 6.45) is 18.9. The molecule has 1 aromatic rings. The fraction of sp³-hybridized carbons (Fsp3) is 0.560. The Morgan fingerprint density at radius 3 is 2.26 bits per heavy atom. The third-order valence-electron chi connectivity index (χ3n) is 5.79. The Bertz CT molecular complexity index is 627. The van der Waals surface area contributed by atoms with Gasteiger partial charge in [0.2, 0.25) is 0 Å². The van der Waals surface area contributed by atoms with Crippen molar-refractivity contribution in [1.29, 1.82) is 5.26 Å². The van der Waals surface area contributed by atoms with Crippen LogP contribution >= 0.6 is 0 Å². The van der Waals surface area contributed by atoms with Crippen molar-refractivity contribution in [2.24, 2.45) is 11.8 Å². The normalized spacial score (nSPS) is 20.7. The standard InChI is InChI=1S/C25H34FN/c1-2-3-7-21-12-14-22(15-13-21)8-4-5-9-23-16-18-24(19-17-23)10-6-11-25(26)20-27/h6,10-15,23-24H,2-5,7-9,16-19H2,1H3/b10-6+,25-11-/t23-,24-. The summed E-state index contributed by atoms with van der Waals surface area (Å²) in [5.41, 5.74) is 2.94. The number of hydrogen-bond acceptors (Lipinski definition) is 1. The second-order valence-corrected chi connectivity index (χ2v) is 7.96. The molecule has 1 aromatic carbocycles. The summed E-state index contributed by atoms with van der Waals surface area (Å²) in [5.74, 6) is 0.697. The van der Waals surface area contributed by atoms with E-state index in [4.69, 9.17) is 5.26 Å². The summed E-state index contributed by atoms with van der Waals surface area (Å²) in [7, 11) is 0. The fourth-order valence-electron chi connectivity index (χ4n) is 4.02. The molecule has 2 rings (SSSR count). The Morgan fingerprint density at radius 2 is 1.67 bits per heavy atom. The van der Waals surface area contributed by atoms with Crippen LogP contribution in [0, 0.1) is 23.2 Å². The molecule has 1 aliphatic rings. The van der Waals surface area contributed by atoms with Crippen molar-refractivity contribution in [3.63, 3.8) is 0 Å². The molecular formula is C25H34FN. The molecule has 27 heavy (non-hydrogen) atoms. The summed E-state index contributed by atoms with van der Waals surface area (Å²) in [6.45, 7) is 2.24. The summed E-state index contributed by atoms with van der Waals surface area (Å²) in [6, 6.07) is 10.7. The molecule has 0 unspecified atom stereocenters. The fourth-order valence-corrected chi connectivity index (χ4v) is 4.02. The third-order valence-corrected chi connectivity index (χ3v) is 5.79. The van der Waals surface area contributed by atoms with Crippen LogP contribution in [-0.2, 0) is 12.8 Å². The summed E-state index contributed by atoms with van der Waals surface area (Å²) in [4.78, 5) is 0. The molecule has 1 nitrogen and oxygen atoms in total. The number of nitrogens with zero attached hydrogens (tertiary/aromatic N) is 1. The zero-order chi connectivity index (χ0) is 19.3. The number of benzene rings is 1.